The van der Waals surface area contributed by atoms with Crippen LogP contribution in [0, 0.1) is 34.5 Å². The Bertz CT molecular complexity index is 1210. The highest BCUT2D eigenvalue weighted by atomic mass is 32.2. The molecule has 4 bridgehead atoms. The van der Waals surface area contributed by atoms with Crippen molar-refractivity contribution >= 4 is 29.6 Å². The first-order valence-corrected chi connectivity index (χ1v) is 14.8. The van der Waals surface area contributed by atoms with Gasteiger partial charge >= 0.3 is 6.09 Å². The van der Waals surface area contributed by atoms with E-state index in [0.29, 0.717) is 41.6 Å². The Hall–Kier alpha value is -2.99. The zero-order valence-corrected chi connectivity index (χ0v) is 23.5. The molecule has 0 spiro atoms. The number of benzene rings is 1. The van der Waals surface area contributed by atoms with Crippen molar-refractivity contribution in [2.24, 2.45) is 23.2 Å². The fourth-order valence-corrected chi connectivity index (χ4v) is 7.68. The second kappa shape index (κ2) is 10.6. The van der Waals surface area contributed by atoms with Gasteiger partial charge in [0.05, 0.1) is 6.20 Å². The quantitative estimate of drug-likeness (QED) is 0.364. The molecule has 1 unspecified atom stereocenters. The zero-order valence-electron chi connectivity index (χ0n) is 22.7. The largest absolute Gasteiger partial charge is 0.444 e. The van der Waals surface area contributed by atoms with E-state index in [1.54, 1.807) is 18.0 Å². The molecule has 1 amide bonds. The van der Waals surface area contributed by atoms with Crippen molar-refractivity contribution in [3.63, 3.8) is 0 Å². The first-order chi connectivity index (χ1) is 18.2. The molecule has 6 rings (SSSR count). The highest BCUT2D eigenvalue weighted by Gasteiger charge is 2.55. The van der Waals surface area contributed by atoms with Crippen LogP contribution in [0.25, 0.3) is 0 Å². The van der Waals surface area contributed by atoms with Gasteiger partial charge in [-0.15, -0.1) is 11.8 Å². The number of ether oxygens (including phenoxy) is 1. The van der Waals surface area contributed by atoms with Crippen molar-refractivity contribution in [1.82, 2.24) is 15.3 Å². The molecule has 5 atom stereocenters. The number of nitriles is 1. The molecule has 1 aromatic heterocycles. The van der Waals surface area contributed by atoms with E-state index in [1.807, 2.05) is 32.9 Å². The number of hydrogen-bond acceptors (Lipinski definition) is 8. The summed E-state index contributed by atoms with van der Waals surface area (Å²) in [4.78, 5) is 22.8. The third-order valence-electron chi connectivity index (χ3n) is 8.25. The van der Waals surface area contributed by atoms with Gasteiger partial charge in [-0.2, -0.15) is 10.2 Å². The van der Waals surface area contributed by atoms with Crippen LogP contribution in [-0.4, -0.2) is 40.5 Å². The lowest BCUT2D eigenvalue weighted by atomic mass is 9.48. The smallest absolute Gasteiger partial charge is 0.407 e. The van der Waals surface area contributed by atoms with Crippen LogP contribution in [0.15, 0.2) is 35.4 Å². The predicted molar refractivity (Wildman–Crippen MR) is 150 cm³/mol. The zero-order chi connectivity index (χ0) is 26.9. The second-order valence-corrected chi connectivity index (χ2v) is 13.1. The van der Waals surface area contributed by atoms with Crippen LogP contribution in [-0.2, 0) is 11.3 Å². The van der Waals surface area contributed by atoms with Gasteiger partial charge in [0.1, 0.15) is 23.1 Å². The topological polar surface area (TPSA) is 112 Å². The number of hydrogen-bond donors (Lipinski definition) is 3. The van der Waals surface area contributed by atoms with Crippen molar-refractivity contribution in [2.45, 2.75) is 76.0 Å². The third-order valence-corrected chi connectivity index (χ3v) is 9.09. The lowest BCUT2D eigenvalue weighted by Crippen LogP contribution is -2.60. The van der Waals surface area contributed by atoms with E-state index in [0.717, 1.165) is 19.4 Å². The van der Waals surface area contributed by atoms with Crippen LogP contribution in [0.4, 0.5) is 16.6 Å². The molecule has 4 fully saturated rings. The monoisotopic (exact) mass is 534 g/mol. The molecule has 8 nitrogen and oxygen atoms in total. The van der Waals surface area contributed by atoms with Crippen molar-refractivity contribution in [1.29, 1.82) is 5.26 Å². The molecule has 1 aromatic carbocycles. The van der Waals surface area contributed by atoms with Gasteiger partial charge in [0.25, 0.3) is 0 Å². The van der Waals surface area contributed by atoms with E-state index < -0.39 is 5.60 Å². The van der Waals surface area contributed by atoms with E-state index in [4.69, 9.17) is 4.74 Å². The average molecular weight is 535 g/mol. The predicted octanol–water partition coefficient (Wildman–Crippen LogP) is 5.81. The van der Waals surface area contributed by atoms with Gasteiger partial charge in [-0.1, -0.05) is 18.2 Å². The van der Waals surface area contributed by atoms with E-state index in [9.17, 15) is 10.1 Å². The van der Waals surface area contributed by atoms with Crippen molar-refractivity contribution in [2.75, 3.05) is 23.4 Å². The minimum Gasteiger partial charge on any atom is -0.444 e. The maximum Gasteiger partial charge on any atom is 0.407 e. The van der Waals surface area contributed by atoms with E-state index in [-0.39, 0.29) is 17.6 Å². The normalized spacial score (nSPS) is 27.4. The molecule has 9 heteroatoms. The summed E-state index contributed by atoms with van der Waals surface area (Å²) in [5.74, 6) is 2.72. The van der Waals surface area contributed by atoms with Gasteiger partial charge in [0, 0.05) is 24.0 Å². The number of nitrogens with one attached hydrogen (secondary N) is 3. The Morgan fingerprint density at radius 2 is 1.92 bits per heavy atom. The summed E-state index contributed by atoms with van der Waals surface area (Å²) < 4.78 is 5.56. The van der Waals surface area contributed by atoms with Gasteiger partial charge in [0.15, 0.2) is 0 Å². The Labute approximate surface area is 229 Å². The van der Waals surface area contributed by atoms with Crippen molar-refractivity contribution in [3.8, 4) is 6.07 Å². The summed E-state index contributed by atoms with van der Waals surface area (Å²) in [5.41, 5.74) is 1.30. The first kappa shape index (κ1) is 26.6. The number of aromatic nitrogens is 2. The number of carbonyl (C=O) groups is 1. The molecule has 4 saturated carbocycles. The SMILES string of the molecule is CSc1ccccc1CNc1ncc(C#N)c(NC[C@]23CC4C[C@H](C2)[C@H](NC(=O)OC(C)(C)C)[C@@H](C4)C3)n1. The van der Waals surface area contributed by atoms with Crippen LogP contribution in [0.1, 0.15) is 64.0 Å². The molecule has 4 aliphatic rings. The fraction of sp³-hybridized carbons (Fsp3) is 0.586. The summed E-state index contributed by atoms with van der Waals surface area (Å²) in [5, 5.41) is 19.8. The minimum absolute atomic E-state index is 0.158. The number of alkyl carbamates (subject to hydrolysis) is 1. The number of thioether (sulfide) groups is 1. The Morgan fingerprint density at radius 1 is 1.18 bits per heavy atom. The van der Waals surface area contributed by atoms with E-state index >= 15 is 0 Å². The van der Waals surface area contributed by atoms with Gasteiger partial charge in [-0.05, 0) is 93.9 Å². The van der Waals surface area contributed by atoms with E-state index in [1.165, 1.54) is 29.7 Å². The molecule has 0 saturated heterocycles. The molecule has 0 radical (unpaired) electrons. The Balaban J connectivity index is 1.24. The number of rotatable bonds is 8. The third kappa shape index (κ3) is 5.85. The maximum absolute atomic E-state index is 12.5. The lowest BCUT2D eigenvalue weighted by molar-refractivity contribution is -0.0703. The van der Waals surface area contributed by atoms with Gasteiger partial charge in [-0.3, -0.25) is 0 Å². The maximum atomic E-state index is 12.5. The minimum atomic E-state index is -0.497. The van der Waals surface area contributed by atoms with Crippen molar-refractivity contribution in [3.05, 3.63) is 41.6 Å². The summed E-state index contributed by atoms with van der Waals surface area (Å²) in [6.45, 7) is 7.09. The van der Waals surface area contributed by atoms with Gasteiger partial charge in [0.2, 0.25) is 5.95 Å². The Kier molecular flexibility index (Phi) is 7.45. The Morgan fingerprint density at radius 3 is 2.61 bits per heavy atom. The van der Waals surface area contributed by atoms with Crippen LogP contribution in [0.5, 0.6) is 0 Å². The van der Waals surface area contributed by atoms with Gasteiger partial charge < -0.3 is 20.7 Å². The number of nitrogens with zero attached hydrogens (tertiary/aromatic N) is 3. The summed E-state index contributed by atoms with van der Waals surface area (Å²) in [6.07, 6.45) is 9.02. The van der Waals surface area contributed by atoms with E-state index in [2.05, 4.69) is 50.4 Å². The fourth-order valence-electron chi connectivity index (χ4n) is 7.07. The molecule has 3 N–H and O–H groups in total. The van der Waals surface area contributed by atoms with Gasteiger partial charge in [-0.25, -0.2) is 9.78 Å². The second-order valence-electron chi connectivity index (χ2n) is 12.2. The molecular formula is C29H38N6O2S. The molecule has 38 heavy (non-hydrogen) atoms. The molecule has 0 aliphatic heterocycles. The lowest BCUT2D eigenvalue weighted by Gasteiger charge is -2.60. The highest BCUT2D eigenvalue weighted by molar-refractivity contribution is 7.98. The number of amides is 1. The number of anilines is 2. The number of carbonyl (C=O) groups excluding carboxylic acids is 1. The summed E-state index contributed by atoms with van der Waals surface area (Å²) in [7, 11) is 0. The molecule has 4 aliphatic carbocycles. The summed E-state index contributed by atoms with van der Waals surface area (Å²) in [6, 6.07) is 10.7. The highest BCUT2D eigenvalue weighted by Crippen LogP contribution is 2.60. The summed E-state index contributed by atoms with van der Waals surface area (Å²) >= 11 is 1.71. The van der Waals surface area contributed by atoms with Crippen LogP contribution < -0.4 is 16.0 Å². The van der Waals surface area contributed by atoms with Crippen molar-refractivity contribution < 1.29 is 9.53 Å². The molecule has 1 heterocycles. The first-order valence-electron chi connectivity index (χ1n) is 13.5. The molecule has 202 valence electrons. The molecule has 2 aromatic rings. The standard InChI is InChI=1S/C29H38N6O2S/c1-28(2,3)37-27(36)34-24-20-9-18-10-21(24)13-29(11-18,12-20)17-33-25-22(14-30)16-32-26(35-25)31-15-19-7-5-6-8-23(19)38-4/h5-8,16,18,20-21,24H,9-13,15,17H2,1-4H3,(H,34,36)(H2,31,32,33,35)/t18?,20-,21+,24+,29-. The van der Waals surface area contributed by atoms with Crippen LogP contribution >= 0.6 is 11.8 Å². The van der Waals surface area contributed by atoms with Crippen LogP contribution in [0.2, 0.25) is 0 Å². The molecular weight excluding hydrogens is 496 g/mol. The van der Waals surface area contributed by atoms with Crippen LogP contribution in [0.3, 0.4) is 0 Å². The average Bonchev–Trinajstić information content (AvgIpc) is 2.87.